The Morgan fingerprint density at radius 1 is 1.10 bits per heavy atom. The van der Waals surface area contributed by atoms with Gasteiger partial charge in [0.2, 0.25) is 5.91 Å². The third-order valence-electron chi connectivity index (χ3n) is 2.75. The molecule has 0 saturated heterocycles. The number of hydrogen-bond acceptors (Lipinski definition) is 4. The average molecular weight is 288 g/mol. The molecule has 2 rings (SSSR count). The van der Waals surface area contributed by atoms with Crippen molar-refractivity contribution >= 4 is 40.1 Å². The summed E-state index contributed by atoms with van der Waals surface area (Å²) in [5.74, 6) is -0.612. The van der Waals surface area contributed by atoms with Crippen LogP contribution in [0.15, 0.2) is 42.5 Å². The second-order valence-electron chi connectivity index (χ2n) is 4.25. The standard InChI is InChI=1S/C15H15NO3S/c17-14(10-20-9-8-15(18)19)16-13-7-3-5-11-4-1-2-6-12(11)13/h1-7H,8-10H2,(H,16,17)(H,18,19)/p-1. The molecule has 0 aliphatic rings. The molecular formula is C15H14NO3S-. The molecule has 2 aromatic carbocycles. The van der Waals surface area contributed by atoms with E-state index in [0.29, 0.717) is 5.75 Å². The number of benzene rings is 2. The van der Waals surface area contributed by atoms with E-state index >= 15 is 0 Å². The molecule has 0 aliphatic carbocycles. The highest BCUT2D eigenvalue weighted by molar-refractivity contribution is 7.99. The van der Waals surface area contributed by atoms with Gasteiger partial charge in [0, 0.05) is 17.0 Å². The van der Waals surface area contributed by atoms with Crippen LogP contribution in [-0.4, -0.2) is 23.4 Å². The van der Waals surface area contributed by atoms with Gasteiger partial charge in [0.25, 0.3) is 0 Å². The number of carbonyl (C=O) groups excluding carboxylic acids is 2. The molecule has 0 unspecified atom stereocenters. The van der Waals surface area contributed by atoms with Gasteiger partial charge in [-0.3, -0.25) is 4.79 Å². The largest absolute Gasteiger partial charge is 0.550 e. The topological polar surface area (TPSA) is 69.2 Å². The summed E-state index contributed by atoms with van der Waals surface area (Å²) in [6, 6.07) is 13.5. The molecule has 0 saturated carbocycles. The number of rotatable bonds is 6. The minimum atomic E-state index is -1.09. The van der Waals surface area contributed by atoms with Crippen molar-refractivity contribution < 1.29 is 14.7 Å². The van der Waals surface area contributed by atoms with Crippen molar-refractivity contribution in [1.82, 2.24) is 0 Å². The van der Waals surface area contributed by atoms with Gasteiger partial charge in [-0.15, -0.1) is 0 Å². The first-order chi connectivity index (χ1) is 9.66. The molecule has 1 N–H and O–H groups in total. The summed E-state index contributed by atoms with van der Waals surface area (Å²) in [6.45, 7) is 0. The van der Waals surface area contributed by atoms with Crippen LogP contribution in [0, 0.1) is 0 Å². The lowest BCUT2D eigenvalue weighted by Gasteiger charge is -2.08. The lowest BCUT2D eigenvalue weighted by atomic mass is 10.1. The van der Waals surface area contributed by atoms with Gasteiger partial charge in [0.1, 0.15) is 0 Å². The highest BCUT2D eigenvalue weighted by atomic mass is 32.2. The van der Waals surface area contributed by atoms with Gasteiger partial charge in [-0.25, -0.2) is 0 Å². The molecule has 2 aromatic rings. The summed E-state index contributed by atoms with van der Waals surface area (Å²) in [5, 5.41) is 15.2. The van der Waals surface area contributed by atoms with Crippen LogP contribution < -0.4 is 10.4 Å². The van der Waals surface area contributed by atoms with Gasteiger partial charge in [-0.1, -0.05) is 36.4 Å². The lowest BCUT2D eigenvalue weighted by molar-refractivity contribution is -0.305. The molecule has 104 valence electrons. The van der Waals surface area contributed by atoms with Crippen LogP contribution >= 0.6 is 11.8 Å². The van der Waals surface area contributed by atoms with E-state index in [9.17, 15) is 14.7 Å². The normalized spacial score (nSPS) is 10.4. The molecule has 0 spiro atoms. The number of thioether (sulfide) groups is 1. The van der Waals surface area contributed by atoms with Crippen LogP contribution in [0.4, 0.5) is 5.69 Å². The monoisotopic (exact) mass is 288 g/mol. The molecular weight excluding hydrogens is 274 g/mol. The molecule has 20 heavy (non-hydrogen) atoms. The Morgan fingerprint density at radius 3 is 2.65 bits per heavy atom. The van der Waals surface area contributed by atoms with Gasteiger partial charge in [0.15, 0.2) is 0 Å². The third-order valence-corrected chi connectivity index (χ3v) is 3.71. The minimum Gasteiger partial charge on any atom is -0.550 e. The molecule has 0 bridgehead atoms. The van der Waals surface area contributed by atoms with E-state index in [1.807, 2.05) is 42.5 Å². The molecule has 1 amide bonds. The molecule has 0 aliphatic heterocycles. The maximum absolute atomic E-state index is 11.8. The first-order valence-electron chi connectivity index (χ1n) is 6.22. The Balaban J connectivity index is 1.94. The summed E-state index contributed by atoms with van der Waals surface area (Å²) < 4.78 is 0. The lowest BCUT2D eigenvalue weighted by Crippen LogP contribution is -2.23. The number of nitrogens with one attached hydrogen (secondary N) is 1. The van der Waals surface area contributed by atoms with Crippen molar-refractivity contribution in [3.63, 3.8) is 0 Å². The van der Waals surface area contributed by atoms with Crippen molar-refractivity contribution in [2.24, 2.45) is 0 Å². The predicted molar refractivity (Wildman–Crippen MR) is 79.5 cm³/mol. The fourth-order valence-electron chi connectivity index (χ4n) is 1.84. The van der Waals surface area contributed by atoms with E-state index in [1.54, 1.807) is 0 Å². The van der Waals surface area contributed by atoms with Gasteiger partial charge in [0.05, 0.1) is 5.75 Å². The Labute approximate surface area is 121 Å². The maximum Gasteiger partial charge on any atom is 0.234 e. The first-order valence-corrected chi connectivity index (χ1v) is 7.37. The van der Waals surface area contributed by atoms with Crippen molar-refractivity contribution in [1.29, 1.82) is 0 Å². The number of hydrogen-bond donors (Lipinski definition) is 1. The Hall–Kier alpha value is -2.01. The second kappa shape index (κ2) is 6.96. The van der Waals surface area contributed by atoms with Gasteiger partial charge < -0.3 is 15.2 Å². The quantitative estimate of drug-likeness (QED) is 0.821. The molecule has 4 nitrogen and oxygen atoms in total. The van der Waals surface area contributed by atoms with Crippen molar-refractivity contribution in [2.45, 2.75) is 6.42 Å². The number of anilines is 1. The van der Waals surface area contributed by atoms with Crippen molar-refractivity contribution in [2.75, 3.05) is 16.8 Å². The first kappa shape index (κ1) is 14.4. The van der Waals surface area contributed by atoms with E-state index in [0.717, 1.165) is 16.5 Å². The van der Waals surface area contributed by atoms with Crippen LogP contribution in [0.3, 0.4) is 0 Å². The van der Waals surface area contributed by atoms with Crippen LogP contribution in [0.5, 0.6) is 0 Å². The zero-order chi connectivity index (χ0) is 14.4. The number of amides is 1. The van der Waals surface area contributed by atoms with Crippen molar-refractivity contribution in [3.8, 4) is 0 Å². The van der Waals surface area contributed by atoms with Gasteiger partial charge >= 0.3 is 0 Å². The number of carboxylic acid groups (broad SMARTS) is 1. The van der Waals surface area contributed by atoms with Crippen LogP contribution in [0.2, 0.25) is 0 Å². The fraction of sp³-hybridized carbons (Fsp3) is 0.200. The van der Waals surface area contributed by atoms with Gasteiger partial charge in [-0.05, 0) is 23.6 Å². The van der Waals surface area contributed by atoms with E-state index in [2.05, 4.69) is 5.32 Å². The molecule has 0 heterocycles. The zero-order valence-electron chi connectivity index (χ0n) is 10.8. The number of carbonyl (C=O) groups is 2. The molecule has 0 fully saturated rings. The fourth-order valence-corrected chi connectivity index (χ4v) is 2.55. The summed E-state index contributed by atoms with van der Waals surface area (Å²) >= 11 is 1.28. The highest BCUT2D eigenvalue weighted by Gasteiger charge is 2.05. The highest BCUT2D eigenvalue weighted by Crippen LogP contribution is 2.23. The number of fused-ring (bicyclic) bond motifs is 1. The van der Waals surface area contributed by atoms with Gasteiger partial charge in [-0.2, -0.15) is 11.8 Å². The number of aliphatic carboxylic acids is 1. The SMILES string of the molecule is O=C([O-])CCSCC(=O)Nc1cccc2ccccc12. The average Bonchev–Trinajstić information content (AvgIpc) is 2.44. The molecule has 0 aromatic heterocycles. The summed E-state index contributed by atoms with van der Waals surface area (Å²) in [5.41, 5.74) is 0.772. The Morgan fingerprint density at radius 2 is 1.85 bits per heavy atom. The number of carboxylic acids is 1. The second-order valence-corrected chi connectivity index (χ2v) is 5.35. The van der Waals surface area contributed by atoms with Crippen molar-refractivity contribution in [3.05, 3.63) is 42.5 Å². The minimum absolute atomic E-state index is 0.0355. The molecule has 0 radical (unpaired) electrons. The summed E-state index contributed by atoms with van der Waals surface area (Å²) in [6.07, 6.45) is -0.0355. The third kappa shape index (κ3) is 3.99. The predicted octanol–water partition coefficient (Wildman–Crippen LogP) is 1.65. The zero-order valence-corrected chi connectivity index (χ0v) is 11.6. The van der Waals surface area contributed by atoms with Crippen LogP contribution in [0.25, 0.3) is 10.8 Å². The molecule has 5 heteroatoms. The summed E-state index contributed by atoms with van der Waals surface area (Å²) in [4.78, 5) is 22.1. The summed E-state index contributed by atoms with van der Waals surface area (Å²) in [7, 11) is 0. The molecule has 0 atom stereocenters. The van der Waals surface area contributed by atoms with Crippen LogP contribution in [0.1, 0.15) is 6.42 Å². The van der Waals surface area contributed by atoms with E-state index < -0.39 is 5.97 Å². The van der Waals surface area contributed by atoms with E-state index in [1.165, 1.54) is 11.8 Å². The van der Waals surface area contributed by atoms with E-state index in [4.69, 9.17) is 0 Å². The smallest absolute Gasteiger partial charge is 0.234 e. The Kier molecular flexibility index (Phi) is 5.01. The van der Waals surface area contributed by atoms with Crippen LogP contribution in [-0.2, 0) is 9.59 Å². The Bertz CT molecular complexity index is 622. The maximum atomic E-state index is 11.8. The van der Waals surface area contributed by atoms with E-state index in [-0.39, 0.29) is 18.1 Å².